The molecule has 90 valence electrons. The number of non-ortho nitro benzene ring substituents is 1. The Bertz CT molecular complexity index is 438. The molecule has 0 saturated heterocycles. The summed E-state index contributed by atoms with van der Waals surface area (Å²) in [6.07, 6.45) is 2.15. The zero-order valence-electron chi connectivity index (χ0n) is 9.68. The first-order chi connectivity index (χ1) is 8.15. The highest BCUT2D eigenvalue weighted by Crippen LogP contribution is 2.23. The van der Waals surface area contributed by atoms with E-state index in [1.807, 2.05) is 0 Å². The van der Waals surface area contributed by atoms with Gasteiger partial charge < -0.3 is 4.74 Å². The van der Waals surface area contributed by atoms with Crippen molar-refractivity contribution in [2.24, 2.45) is 0 Å². The largest absolute Gasteiger partial charge is 0.493 e. The number of nitrogens with zero attached hydrogens (tertiary/aromatic N) is 2. The van der Waals surface area contributed by atoms with Crippen molar-refractivity contribution in [3.05, 3.63) is 33.9 Å². The second-order valence-corrected chi connectivity index (χ2v) is 3.67. The van der Waals surface area contributed by atoms with E-state index in [-0.39, 0.29) is 5.69 Å². The van der Waals surface area contributed by atoms with Crippen LogP contribution in [0.5, 0.6) is 5.75 Å². The zero-order chi connectivity index (χ0) is 12.7. The number of hydrogen-bond acceptors (Lipinski definition) is 4. The minimum absolute atomic E-state index is 0.0688. The van der Waals surface area contributed by atoms with Gasteiger partial charge in [0.2, 0.25) is 0 Å². The summed E-state index contributed by atoms with van der Waals surface area (Å²) >= 11 is 0. The van der Waals surface area contributed by atoms with Crippen LogP contribution in [0.4, 0.5) is 5.69 Å². The molecule has 0 aliphatic carbocycles. The highest BCUT2D eigenvalue weighted by atomic mass is 16.6. The summed E-state index contributed by atoms with van der Waals surface area (Å²) < 4.78 is 5.49. The average molecular weight is 234 g/mol. The van der Waals surface area contributed by atoms with E-state index in [9.17, 15) is 10.1 Å². The van der Waals surface area contributed by atoms with Gasteiger partial charge >= 0.3 is 0 Å². The smallest absolute Gasteiger partial charge is 0.269 e. The average Bonchev–Trinajstić information content (AvgIpc) is 2.30. The first kappa shape index (κ1) is 13.0. The van der Waals surface area contributed by atoms with E-state index in [0.717, 1.165) is 18.4 Å². The van der Waals surface area contributed by atoms with Gasteiger partial charge in [0.1, 0.15) is 5.75 Å². The third-order valence-corrected chi connectivity index (χ3v) is 2.31. The monoisotopic (exact) mass is 234 g/mol. The summed E-state index contributed by atoms with van der Waals surface area (Å²) in [7, 11) is 0. The quantitative estimate of drug-likeness (QED) is 0.430. The molecule has 0 amide bonds. The molecule has 0 atom stereocenters. The third-order valence-electron chi connectivity index (χ3n) is 2.31. The molecule has 1 aromatic carbocycles. The first-order valence-corrected chi connectivity index (χ1v) is 5.40. The molecule has 0 unspecified atom stereocenters. The topological polar surface area (TPSA) is 76.2 Å². The maximum Gasteiger partial charge on any atom is 0.269 e. The van der Waals surface area contributed by atoms with Crippen LogP contribution in [0.2, 0.25) is 0 Å². The van der Waals surface area contributed by atoms with Gasteiger partial charge in [0.25, 0.3) is 5.69 Å². The van der Waals surface area contributed by atoms with Gasteiger partial charge in [0.05, 0.1) is 17.6 Å². The van der Waals surface area contributed by atoms with Gasteiger partial charge in [0, 0.05) is 18.6 Å². The maximum atomic E-state index is 10.5. The van der Waals surface area contributed by atoms with Gasteiger partial charge in [-0.3, -0.25) is 10.1 Å². The Balaban J connectivity index is 2.50. The van der Waals surface area contributed by atoms with Gasteiger partial charge in [-0.25, -0.2) is 0 Å². The van der Waals surface area contributed by atoms with E-state index in [1.54, 1.807) is 13.0 Å². The number of aryl methyl sites for hydroxylation is 1. The number of ether oxygens (including phenoxy) is 1. The molecule has 5 nitrogen and oxygen atoms in total. The Hall–Kier alpha value is -2.09. The van der Waals surface area contributed by atoms with Crippen LogP contribution in [0.15, 0.2) is 18.2 Å². The summed E-state index contributed by atoms with van der Waals surface area (Å²) in [6.45, 7) is 2.30. The first-order valence-electron chi connectivity index (χ1n) is 5.40. The van der Waals surface area contributed by atoms with Crippen molar-refractivity contribution >= 4 is 5.69 Å². The molecular weight excluding hydrogens is 220 g/mol. The predicted octanol–water partition coefficient (Wildman–Crippen LogP) is 2.98. The molecule has 1 aromatic rings. The van der Waals surface area contributed by atoms with Crippen molar-refractivity contribution in [2.45, 2.75) is 26.2 Å². The van der Waals surface area contributed by atoms with Crippen molar-refractivity contribution in [1.29, 1.82) is 5.26 Å². The van der Waals surface area contributed by atoms with E-state index < -0.39 is 4.92 Å². The molecule has 0 bridgehead atoms. The van der Waals surface area contributed by atoms with Crippen molar-refractivity contribution < 1.29 is 9.66 Å². The van der Waals surface area contributed by atoms with Crippen LogP contribution in [0.25, 0.3) is 0 Å². The molecule has 0 fully saturated rings. The summed E-state index contributed by atoms with van der Waals surface area (Å²) in [5.74, 6) is 0.660. The van der Waals surface area contributed by atoms with Crippen LogP contribution in [-0.4, -0.2) is 11.5 Å². The van der Waals surface area contributed by atoms with Crippen LogP contribution < -0.4 is 4.74 Å². The molecule has 1 rings (SSSR count). The maximum absolute atomic E-state index is 10.5. The number of nitro benzene ring substituents is 1. The predicted molar refractivity (Wildman–Crippen MR) is 62.8 cm³/mol. The lowest BCUT2D eigenvalue weighted by atomic mass is 10.2. The fraction of sp³-hybridized carbons (Fsp3) is 0.417. The van der Waals surface area contributed by atoms with Crippen molar-refractivity contribution in [3.8, 4) is 11.8 Å². The molecule has 0 aliphatic rings. The van der Waals surface area contributed by atoms with Gasteiger partial charge in [-0.2, -0.15) is 5.26 Å². The van der Waals surface area contributed by atoms with Crippen LogP contribution >= 0.6 is 0 Å². The minimum Gasteiger partial charge on any atom is -0.493 e. The van der Waals surface area contributed by atoms with Crippen molar-refractivity contribution in [2.75, 3.05) is 6.61 Å². The standard InChI is InChI=1S/C12H14N2O3/c1-10-9-11(14(15)16)5-6-12(10)17-8-4-2-3-7-13/h5-6,9H,2-4,8H2,1H3. The number of hydrogen-bond donors (Lipinski definition) is 0. The van der Waals surface area contributed by atoms with E-state index in [0.29, 0.717) is 18.8 Å². The van der Waals surface area contributed by atoms with E-state index in [1.165, 1.54) is 12.1 Å². The van der Waals surface area contributed by atoms with Crippen LogP contribution in [-0.2, 0) is 0 Å². The number of nitriles is 1. The molecule has 0 N–H and O–H groups in total. The molecule has 0 radical (unpaired) electrons. The molecule has 0 saturated carbocycles. The molecule has 0 aromatic heterocycles. The number of unbranched alkanes of at least 4 members (excludes halogenated alkanes) is 2. The molecule has 0 heterocycles. The number of benzene rings is 1. The normalized spacial score (nSPS) is 9.65. The number of nitro groups is 1. The lowest BCUT2D eigenvalue weighted by Gasteiger charge is -2.07. The Kier molecular flexibility index (Phi) is 4.95. The minimum atomic E-state index is -0.427. The van der Waals surface area contributed by atoms with Gasteiger partial charge in [-0.1, -0.05) is 0 Å². The molecular formula is C12H14N2O3. The highest BCUT2D eigenvalue weighted by Gasteiger charge is 2.08. The SMILES string of the molecule is Cc1cc([N+](=O)[O-])ccc1OCCCCC#N. The zero-order valence-corrected chi connectivity index (χ0v) is 9.68. The molecule has 0 spiro atoms. The fourth-order valence-electron chi connectivity index (χ4n) is 1.40. The Morgan fingerprint density at radius 1 is 1.47 bits per heavy atom. The third kappa shape index (κ3) is 4.11. The van der Waals surface area contributed by atoms with Gasteiger partial charge in [-0.15, -0.1) is 0 Å². The van der Waals surface area contributed by atoms with Gasteiger partial charge in [-0.05, 0) is 31.4 Å². The van der Waals surface area contributed by atoms with Crippen molar-refractivity contribution in [3.63, 3.8) is 0 Å². The molecule has 5 heteroatoms. The Morgan fingerprint density at radius 3 is 2.82 bits per heavy atom. The van der Waals surface area contributed by atoms with Crippen LogP contribution in [0.1, 0.15) is 24.8 Å². The Morgan fingerprint density at radius 2 is 2.24 bits per heavy atom. The van der Waals surface area contributed by atoms with E-state index in [2.05, 4.69) is 6.07 Å². The Labute approximate surface area is 99.8 Å². The summed E-state index contributed by atoms with van der Waals surface area (Å²) in [5, 5.41) is 18.9. The van der Waals surface area contributed by atoms with Crippen LogP contribution in [0, 0.1) is 28.4 Å². The van der Waals surface area contributed by atoms with Gasteiger partial charge in [0.15, 0.2) is 0 Å². The molecule has 0 aliphatic heterocycles. The van der Waals surface area contributed by atoms with Crippen LogP contribution in [0.3, 0.4) is 0 Å². The van der Waals surface area contributed by atoms with Crippen molar-refractivity contribution in [1.82, 2.24) is 0 Å². The summed E-state index contributed by atoms with van der Waals surface area (Å²) in [6, 6.07) is 6.59. The van der Waals surface area contributed by atoms with E-state index >= 15 is 0 Å². The molecule has 17 heavy (non-hydrogen) atoms. The lowest BCUT2D eigenvalue weighted by Crippen LogP contribution is -1.99. The fourth-order valence-corrected chi connectivity index (χ4v) is 1.40. The summed E-state index contributed by atoms with van der Waals surface area (Å²) in [4.78, 5) is 10.1. The second kappa shape index (κ2) is 6.48. The number of rotatable bonds is 6. The second-order valence-electron chi connectivity index (χ2n) is 3.67. The van der Waals surface area contributed by atoms with E-state index in [4.69, 9.17) is 10.00 Å². The highest BCUT2D eigenvalue weighted by molar-refractivity contribution is 5.42. The lowest BCUT2D eigenvalue weighted by molar-refractivity contribution is -0.384. The summed E-state index contributed by atoms with van der Waals surface area (Å²) in [5.41, 5.74) is 0.818.